The molecule has 0 bridgehead atoms. The minimum Gasteiger partial charge on any atom is -0.242 e. The molecule has 0 aliphatic rings. The zero-order chi connectivity index (χ0) is 11.2. The summed E-state index contributed by atoms with van der Waals surface area (Å²) >= 11 is 0. The second-order valence-corrected chi connectivity index (χ2v) is 3.46. The van der Waals surface area contributed by atoms with Crippen LogP contribution in [0.1, 0.15) is 17.2 Å². The molecule has 0 aliphatic heterocycles. The van der Waals surface area contributed by atoms with Gasteiger partial charge in [0.05, 0.1) is 6.01 Å². The Morgan fingerprint density at radius 3 is 1.62 bits per heavy atom. The lowest BCUT2D eigenvalue weighted by Gasteiger charge is -2.11. The highest BCUT2D eigenvalue weighted by Gasteiger charge is 2.10. The lowest BCUT2D eigenvalue weighted by atomic mass is 10.00. The van der Waals surface area contributed by atoms with E-state index in [0.717, 1.165) is 11.1 Å². The molecule has 0 atom stereocenters. The van der Waals surface area contributed by atoms with Crippen LogP contribution in [0.3, 0.4) is 0 Å². The van der Waals surface area contributed by atoms with Crippen LogP contribution < -0.4 is 0 Å². The van der Waals surface area contributed by atoms with E-state index in [9.17, 15) is 0 Å². The highest BCUT2D eigenvalue weighted by molar-refractivity contribution is 5.41. The predicted octanol–water partition coefficient (Wildman–Crippen LogP) is 3.53. The number of benzene rings is 2. The van der Waals surface area contributed by atoms with Crippen molar-refractivity contribution in [2.45, 2.75) is 6.04 Å². The maximum absolute atomic E-state index is 7.02. The number of hydrogen-bond donors (Lipinski definition) is 1. The summed E-state index contributed by atoms with van der Waals surface area (Å²) in [4.78, 5) is 4.08. The predicted molar refractivity (Wildman–Crippen MR) is 64.9 cm³/mol. The zero-order valence-electron chi connectivity index (χ0n) is 8.80. The first-order chi connectivity index (χ1) is 7.92. The summed E-state index contributed by atoms with van der Waals surface area (Å²) < 4.78 is 0. The van der Waals surface area contributed by atoms with Gasteiger partial charge >= 0.3 is 0 Å². The van der Waals surface area contributed by atoms with E-state index >= 15 is 0 Å². The van der Waals surface area contributed by atoms with Gasteiger partial charge in [0.1, 0.15) is 6.04 Å². The fraction of sp³-hybridized carbons (Fsp3) is 0.0714. The van der Waals surface area contributed by atoms with Crippen LogP contribution in [0.2, 0.25) is 0 Å². The quantitative estimate of drug-likeness (QED) is 0.749. The summed E-state index contributed by atoms with van der Waals surface area (Å²) in [7, 11) is 0. The molecule has 2 nitrogen and oxygen atoms in total. The van der Waals surface area contributed by atoms with Crippen molar-refractivity contribution in [1.29, 1.82) is 5.41 Å². The van der Waals surface area contributed by atoms with Crippen molar-refractivity contribution < 1.29 is 0 Å². The summed E-state index contributed by atoms with van der Waals surface area (Å²) in [5, 5.41) is 7.02. The van der Waals surface area contributed by atoms with Crippen molar-refractivity contribution in [1.82, 2.24) is 0 Å². The third-order valence-corrected chi connectivity index (χ3v) is 2.42. The molecule has 2 aromatic rings. The first-order valence-corrected chi connectivity index (χ1v) is 5.13. The van der Waals surface area contributed by atoms with Gasteiger partial charge < -0.3 is 0 Å². The lowest BCUT2D eigenvalue weighted by Crippen LogP contribution is -1.96. The first kappa shape index (κ1) is 10.3. The van der Waals surface area contributed by atoms with Gasteiger partial charge in [0.15, 0.2) is 0 Å². The molecule has 16 heavy (non-hydrogen) atoms. The molecule has 0 radical (unpaired) electrons. The van der Waals surface area contributed by atoms with Gasteiger partial charge in [-0.25, -0.2) is 10.4 Å². The summed E-state index contributed by atoms with van der Waals surface area (Å²) in [6.07, 6.45) is 0. The molecule has 0 aromatic heterocycles. The number of nitrogens with one attached hydrogen (secondary N) is 1. The van der Waals surface area contributed by atoms with Gasteiger partial charge in [0.25, 0.3) is 0 Å². The topological polar surface area (TPSA) is 36.2 Å². The van der Waals surface area contributed by atoms with Crippen LogP contribution in [-0.4, -0.2) is 6.01 Å². The van der Waals surface area contributed by atoms with Gasteiger partial charge in [0.2, 0.25) is 0 Å². The third-order valence-electron chi connectivity index (χ3n) is 2.42. The van der Waals surface area contributed by atoms with Crippen molar-refractivity contribution in [2.75, 3.05) is 0 Å². The highest BCUT2D eigenvalue weighted by atomic mass is 14.8. The van der Waals surface area contributed by atoms with Gasteiger partial charge in [-0.1, -0.05) is 60.7 Å². The SMILES string of the molecule is N=C=NC(c1ccccc1)c1ccccc1. The lowest BCUT2D eigenvalue weighted by molar-refractivity contribution is 0.878. The van der Waals surface area contributed by atoms with E-state index in [1.807, 2.05) is 60.7 Å². The standard InChI is InChI=1S/C14H12N2/c15-11-16-14(12-7-3-1-4-8-12)13-9-5-2-6-10-13/h1-10,14-15H. The van der Waals surface area contributed by atoms with Gasteiger partial charge in [-0.05, 0) is 11.1 Å². The molecule has 2 heteroatoms. The molecule has 0 spiro atoms. The van der Waals surface area contributed by atoms with E-state index in [-0.39, 0.29) is 6.04 Å². The Morgan fingerprint density at radius 2 is 1.25 bits per heavy atom. The number of aliphatic imine (C=N–C) groups is 1. The maximum Gasteiger partial charge on any atom is 0.111 e. The Hall–Kier alpha value is -2.18. The molecule has 0 saturated heterocycles. The largest absolute Gasteiger partial charge is 0.242 e. The van der Waals surface area contributed by atoms with Crippen LogP contribution in [0.5, 0.6) is 0 Å². The van der Waals surface area contributed by atoms with Gasteiger partial charge in [0, 0.05) is 0 Å². The van der Waals surface area contributed by atoms with E-state index in [2.05, 4.69) is 11.0 Å². The highest BCUT2D eigenvalue weighted by Crippen LogP contribution is 2.24. The molecule has 0 heterocycles. The minimum absolute atomic E-state index is 0.125. The fourth-order valence-corrected chi connectivity index (χ4v) is 1.68. The summed E-state index contributed by atoms with van der Waals surface area (Å²) in [6.45, 7) is 0. The van der Waals surface area contributed by atoms with E-state index < -0.39 is 0 Å². The Labute approximate surface area is 94.8 Å². The molecule has 0 aliphatic carbocycles. The average molecular weight is 208 g/mol. The van der Waals surface area contributed by atoms with Crippen LogP contribution in [0, 0.1) is 5.41 Å². The molecule has 0 saturated carbocycles. The van der Waals surface area contributed by atoms with Crippen LogP contribution in [0.25, 0.3) is 0 Å². The third kappa shape index (κ3) is 2.25. The minimum atomic E-state index is -0.125. The van der Waals surface area contributed by atoms with Crippen molar-refractivity contribution in [3.05, 3.63) is 71.8 Å². The number of hydrogen-bond acceptors (Lipinski definition) is 2. The van der Waals surface area contributed by atoms with E-state index in [4.69, 9.17) is 5.41 Å². The number of nitrogens with zero attached hydrogens (tertiary/aromatic N) is 1. The Bertz CT molecular complexity index is 445. The zero-order valence-corrected chi connectivity index (χ0v) is 8.80. The second-order valence-electron chi connectivity index (χ2n) is 3.46. The first-order valence-electron chi connectivity index (χ1n) is 5.13. The maximum atomic E-state index is 7.02. The smallest absolute Gasteiger partial charge is 0.111 e. The van der Waals surface area contributed by atoms with Crippen LogP contribution in [0.15, 0.2) is 65.7 Å². The Morgan fingerprint density at radius 1 is 0.812 bits per heavy atom. The summed E-state index contributed by atoms with van der Waals surface area (Å²) in [5.74, 6) is 0. The van der Waals surface area contributed by atoms with Crippen molar-refractivity contribution in [2.24, 2.45) is 4.99 Å². The Balaban J connectivity index is 2.43. The fourth-order valence-electron chi connectivity index (χ4n) is 1.68. The normalized spacial score (nSPS) is 9.81. The number of rotatable bonds is 3. The molecular formula is C14H12N2. The summed E-state index contributed by atoms with van der Waals surface area (Å²) in [5.41, 5.74) is 2.15. The van der Waals surface area contributed by atoms with Crippen molar-refractivity contribution >= 4 is 6.01 Å². The van der Waals surface area contributed by atoms with Crippen molar-refractivity contribution in [3.8, 4) is 0 Å². The van der Waals surface area contributed by atoms with Gasteiger partial charge in [-0.2, -0.15) is 0 Å². The van der Waals surface area contributed by atoms with Crippen LogP contribution in [0.4, 0.5) is 0 Å². The Kier molecular flexibility index (Phi) is 3.27. The van der Waals surface area contributed by atoms with Crippen molar-refractivity contribution in [3.63, 3.8) is 0 Å². The monoisotopic (exact) mass is 208 g/mol. The van der Waals surface area contributed by atoms with E-state index in [1.54, 1.807) is 0 Å². The van der Waals surface area contributed by atoms with Gasteiger partial charge in [-0.15, -0.1) is 0 Å². The molecule has 78 valence electrons. The molecule has 2 rings (SSSR count). The second kappa shape index (κ2) is 5.06. The van der Waals surface area contributed by atoms with E-state index in [0.29, 0.717) is 0 Å². The molecule has 2 aromatic carbocycles. The van der Waals surface area contributed by atoms with E-state index in [1.165, 1.54) is 0 Å². The van der Waals surface area contributed by atoms with Crippen LogP contribution in [-0.2, 0) is 0 Å². The van der Waals surface area contributed by atoms with Gasteiger partial charge in [-0.3, -0.25) is 0 Å². The molecule has 1 N–H and O–H groups in total. The summed E-state index contributed by atoms with van der Waals surface area (Å²) in [6, 6.07) is 21.9. The molecule has 0 fully saturated rings. The van der Waals surface area contributed by atoms with Crippen LogP contribution >= 0.6 is 0 Å². The molecule has 0 amide bonds. The molecular weight excluding hydrogens is 196 g/mol. The average Bonchev–Trinajstić information content (AvgIpc) is 2.38. The molecule has 0 unspecified atom stereocenters.